The fourth-order valence-corrected chi connectivity index (χ4v) is 2.68. The molecular weight excluding hydrogens is 328 g/mol. The van der Waals surface area contributed by atoms with Gasteiger partial charge in [-0.2, -0.15) is 4.80 Å². The van der Waals surface area contributed by atoms with Crippen molar-refractivity contribution < 1.29 is 9.90 Å². The molecule has 1 amide bonds. The molecule has 6 nitrogen and oxygen atoms in total. The van der Waals surface area contributed by atoms with Gasteiger partial charge in [-0.05, 0) is 54.3 Å². The van der Waals surface area contributed by atoms with Crippen molar-refractivity contribution in [3.05, 3.63) is 59.9 Å². The molecule has 0 aliphatic rings. The van der Waals surface area contributed by atoms with Gasteiger partial charge in [0.2, 0.25) is 0 Å². The molecule has 26 heavy (non-hydrogen) atoms. The average Bonchev–Trinajstić information content (AvgIpc) is 3.04. The van der Waals surface area contributed by atoms with Gasteiger partial charge in [-0.15, -0.1) is 10.2 Å². The number of aliphatic hydroxyl groups is 1. The fourth-order valence-electron chi connectivity index (χ4n) is 2.68. The van der Waals surface area contributed by atoms with E-state index in [9.17, 15) is 9.90 Å². The molecule has 2 aromatic carbocycles. The number of allylic oxidation sites excluding steroid dienone is 1. The molecule has 1 aromatic heterocycles. The van der Waals surface area contributed by atoms with E-state index in [1.54, 1.807) is 11.7 Å². The van der Waals surface area contributed by atoms with Crippen LogP contribution in [0.3, 0.4) is 0 Å². The number of carbonyl (C=O) groups excluding carboxylic acids is 1. The Bertz CT molecular complexity index is 963. The first-order chi connectivity index (χ1) is 12.3. The monoisotopic (exact) mass is 350 g/mol. The predicted molar refractivity (Wildman–Crippen MR) is 103 cm³/mol. The highest BCUT2D eigenvalue weighted by Crippen LogP contribution is 2.31. The van der Waals surface area contributed by atoms with Crippen molar-refractivity contribution in [1.82, 2.24) is 15.0 Å². The van der Waals surface area contributed by atoms with Crippen LogP contribution in [0.1, 0.15) is 33.3 Å². The summed E-state index contributed by atoms with van der Waals surface area (Å²) in [6.45, 7) is 7.79. The van der Waals surface area contributed by atoms with Crippen LogP contribution in [0.5, 0.6) is 0 Å². The third-order valence-electron chi connectivity index (χ3n) is 4.08. The summed E-state index contributed by atoms with van der Waals surface area (Å²) in [5, 5.41) is 21.4. The number of nitrogens with one attached hydrogen (secondary N) is 1. The molecule has 6 heteroatoms. The molecular formula is C20H22N4O2. The normalized spacial score (nSPS) is 12.4. The van der Waals surface area contributed by atoms with Crippen LogP contribution in [0.4, 0.5) is 5.69 Å². The lowest BCUT2D eigenvalue weighted by molar-refractivity contribution is -0.115. The number of carbonyl (C=O) groups is 1. The summed E-state index contributed by atoms with van der Waals surface area (Å²) in [7, 11) is 0. The van der Waals surface area contributed by atoms with E-state index < -0.39 is 5.91 Å². The molecule has 0 aliphatic heterocycles. The Balaban J connectivity index is 2.05. The zero-order valence-corrected chi connectivity index (χ0v) is 15.3. The molecule has 0 saturated carbocycles. The van der Waals surface area contributed by atoms with Crippen LogP contribution >= 0.6 is 0 Å². The summed E-state index contributed by atoms with van der Waals surface area (Å²) in [5.41, 5.74) is 3.79. The van der Waals surface area contributed by atoms with Crippen molar-refractivity contribution in [3.63, 3.8) is 0 Å². The lowest BCUT2D eigenvalue weighted by Gasteiger charge is -2.23. The molecule has 0 radical (unpaired) electrons. The minimum Gasteiger partial charge on any atom is -0.503 e. The molecule has 134 valence electrons. The molecule has 1 heterocycles. The zero-order valence-electron chi connectivity index (χ0n) is 15.3. The highest BCUT2D eigenvalue weighted by atomic mass is 16.3. The number of rotatable bonds is 3. The smallest absolute Gasteiger partial charge is 0.290 e. The third kappa shape index (κ3) is 3.44. The molecule has 0 fully saturated rings. The standard InChI is InChI=1S/C20H22N4O2/c1-5-18(25)19(26)21-15-11-10-13(12-14(15)20(2,3)4)24-22-16-8-6-7-9-17(16)23-24/h5-12,25H,1-4H3,(H,21,26). The van der Waals surface area contributed by atoms with Crippen molar-refractivity contribution in [1.29, 1.82) is 0 Å². The van der Waals surface area contributed by atoms with Crippen LogP contribution in [0.15, 0.2) is 54.3 Å². The summed E-state index contributed by atoms with van der Waals surface area (Å²) < 4.78 is 0. The van der Waals surface area contributed by atoms with E-state index in [0.29, 0.717) is 5.69 Å². The highest BCUT2D eigenvalue weighted by molar-refractivity contribution is 6.02. The number of fused-ring (bicyclic) bond motifs is 1. The third-order valence-corrected chi connectivity index (χ3v) is 4.08. The molecule has 0 atom stereocenters. The second-order valence-corrected chi connectivity index (χ2v) is 7.09. The van der Waals surface area contributed by atoms with E-state index in [1.165, 1.54) is 6.08 Å². The lowest BCUT2D eigenvalue weighted by Crippen LogP contribution is -2.20. The van der Waals surface area contributed by atoms with Gasteiger partial charge in [0.25, 0.3) is 5.91 Å². The van der Waals surface area contributed by atoms with Crippen LogP contribution in [-0.2, 0) is 10.2 Å². The highest BCUT2D eigenvalue weighted by Gasteiger charge is 2.21. The van der Waals surface area contributed by atoms with Gasteiger partial charge in [-0.1, -0.05) is 32.9 Å². The van der Waals surface area contributed by atoms with E-state index in [2.05, 4.69) is 36.3 Å². The molecule has 0 saturated heterocycles. The quantitative estimate of drug-likeness (QED) is 0.550. The molecule has 3 rings (SSSR count). The molecule has 0 unspecified atom stereocenters. The summed E-state index contributed by atoms with van der Waals surface area (Å²) in [4.78, 5) is 13.6. The fraction of sp³-hybridized carbons (Fsp3) is 0.250. The van der Waals surface area contributed by atoms with Gasteiger partial charge >= 0.3 is 0 Å². The summed E-state index contributed by atoms with van der Waals surface area (Å²) in [5.74, 6) is -0.845. The Hall–Kier alpha value is -3.15. The minimum atomic E-state index is -0.534. The van der Waals surface area contributed by atoms with E-state index in [0.717, 1.165) is 22.3 Å². The Morgan fingerprint density at radius 1 is 1.12 bits per heavy atom. The summed E-state index contributed by atoms with van der Waals surface area (Å²) in [6.07, 6.45) is 1.36. The van der Waals surface area contributed by atoms with Gasteiger partial charge in [0.15, 0.2) is 5.76 Å². The van der Waals surface area contributed by atoms with Crippen LogP contribution in [-0.4, -0.2) is 26.0 Å². The Kier molecular flexibility index (Phi) is 4.50. The van der Waals surface area contributed by atoms with Gasteiger partial charge in [0, 0.05) is 5.69 Å². The van der Waals surface area contributed by atoms with Crippen molar-refractivity contribution in [2.24, 2.45) is 0 Å². The summed E-state index contributed by atoms with van der Waals surface area (Å²) in [6, 6.07) is 13.3. The second-order valence-electron chi connectivity index (χ2n) is 7.09. The van der Waals surface area contributed by atoms with Gasteiger partial charge in [-0.25, -0.2) is 0 Å². The lowest BCUT2D eigenvalue weighted by atomic mass is 9.85. The molecule has 0 bridgehead atoms. The topological polar surface area (TPSA) is 80.0 Å². The first-order valence-electron chi connectivity index (χ1n) is 8.43. The second kappa shape index (κ2) is 6.63. The summed E-state index contributed by atoms with van der Waals surface area (Å²) >= 11 is 0. The van der Waals surface area contributed by atoms with Crippen LogP contribution < -0.4 is 5.32 Å². The number of benzene rings is 2. The van der Waals surface area contributed by atoms with E-state index >= 15 is 0 Å². The predicted octanol–water partition coefficient (Wildman–Crippen LogP) is 4.12. The molecule has 3 aromatic rings. The first kappa shape index (κ1) is 17.7. The molecule has 0 aliphatic carbocycles. The number of nitrogens with zero attached hydrogens (tertiary/aromatic N) is 3. The van der Waals surface area contributed by atoms with E-state index in [4.69, 9.17) is 0 Å². The number of aromatic nitrogens is 3. The van der Waals surface area contributed by atoms with Gasteiger partial charge < -0.3 is 10.4 Å². The maximum atomic E-state index is 12.0. The Morgan fingerprint density at radius 3 is 2.27 bits per heavy atom. The van der Waals surface area contributed by atoms with Crippen molar-refractivity contribution in [2.75, 3.05) is 5.32 Å². The Morgan fingerprint density at radius 2 is 1.73 bits per heavy atom. The van der Waals surface area contributed by atoms with Crippen molar-refractivity contribution in [3.8, 4) is 5.69 Å². The largest absolute Gasteiger partial charge is 0.503 e. The Labute approximate surface area is 152 Å². The van der Waals surface area contributed by atoms with E-state index in [1.807, 2.05) is 42.5 Å². The van der Waals surface area contributed by atoms with Gasteiger partial charge in [-0.3, -0.25) is 4.79 Å². The number of hydrogen-bond acceptors (Lipinski definition) is 4. The van der Waals surface area contributed by atoms with E-state index in [-0.39, 0.29) is 11.2 Å². The zero-order chi connectivity index (χ0) is 18.9. The van der Waals surface area contributed by atoms with Gasteiger partial charge in [0.1, 0.15) is 11.0 Å². The number of amides is 1. The maximum Gasteiger partial charge on any atom is 0.290 e. The number of aliphatic hydroxyl groups excluding tert-OH is 1. The first-order valence-corrected chi connectivity index (χ1v) is 8.43. The SMILES string of the molecule is CC=C(O)C(=O)Nc1ccc(-n2nc3ccccc3n2)cc1C(C)(C)C. The maximum absolute atomic E-state index is 12.0. The molecule has 0 spiro atoms. The van der Waals surface area contributed by atoms with Crippen LogP contribution in [0, 0.1) is 0 Å². The van der Waals surface area contributed by atoms with Gasteiger partial charge in [0.05, 0.1) is 5.69 Å². The average molecular weight is 350 g/mol. The van der Waals surface area contributed by atoms with Crippen LogP contribution in [0.2, 0.25) is 0 Å². The number of hydrogen-bond donors (Lipinski definition) is 2. The van der Waals surface area contributed by atoms with Crippen molar-refractivity contribution >= 4 is 22.6 Å². The number of anilines is 1. The minimum absolute atomic E-state index is 0.225. The van der Waals surface area contributed by atoms with Crippen LogP contribution in [0.25, 0.3) is 16.7 Å². The van der Waals surface area contributed by atoms with Crippen molar-refractivity contribution in [2.45, 2.75) is 33.1 Å². The molecule has 2 N–H and O–H groups in total.